The molecule has 0 saturated heterocycles. The average Bonchev–Trinajstić information content (AvgIpc) is 3.22. The maximum absolute atomic E-state index is 12.1. The molecule has 2 aromatic heterocycles. The quantitative estimate of drug-likeness (QED) is 0.568. The Morgan fingerprint density at radius 3 is 2.70 bits per heavy atom. The summed E-state index contributed by atoms with van der Waals surface area (Å²) in [6.07, 6.45) is 0. The van der Waals surface area contributed by atoms with Crippen LogP contribution in [0.15, 0.2) is 53.6 Å². The number of carbonyl (C=O) groups is 1. The molecule has 0 bridgehead atoms. The zero-order chi connectivity index (χ0) is 16.2. The topological polar surface area (TPSA) is 70.1 Å². The Labute approximate surface area is 138 Å². The number of nitrogens with zero attached hydrogens (tertiary/aromatic N) is 2. The number of amides is 1. The zero-order valence-corrected chi connectivity index (χ0v) is 13.6. The molecule has 0 spiro atoms. The number of aryl methyl sites for hydroxylation is 1. The predicted octanol–water partition coefficient (Wildman–Crippen LogP) is 3.60. The highest BCUT2D eigenvalue weighted by Crippen LogP contribution is 2.26. The van der Waals surface area contributed by atoms with Crippen LogP contribution in [0.4, 0.5) is 0 Å². The Balaban J connectivity index is 1.71. The van der Waals surface area contributed by atoms with Crippen LogP contribution in [-0.2, 0) is 0 Å². The van der Waals surface area contributed by atoms with Crippen molar-refractivity contribution in [3.63, 3.8) is 0 Å². The SMILES string of the molecule is CC(=NNC(=O)c1cc(-c2ccc(C)s2)[nH]n1)c1ccccc1. The van der Waals surface area contributed by atoms with Gasteiger partial charge in [-0.1, -0.05) is 30.3 Å². The van der Waals surface area contributed by atoms with Crippen molar-refractivity contribution in [2.45, 2.75) is 13.8 Å². The number of hydrazone groups is 1. The Bertz CT molecular complexity index is 848. The van der Waals surface area contributed by atoms with E-state index in [-0.39, 0.29) is 5.91 Å². The van der Waals surface area contributed by atoms with Crippen LogP contribution in [0, 0.1) is 6.92 Å². The van der Waals surface area contributed by atoms with Crippen LogP contribution in [-0.4, -0.2) is 21.8 Å². The van der Waals surface area contributed by atoms with Crippen molar-refractivity contribution in [2.24, 2.45) is 5.10 Å². The highest BCUT2D eigenvalue weighted by Gasteiger charge is 2.12. The Morgan fingerprint density at radius 2 is 2.00 bits per heavy atom. The van der Waals surface area contributed by atoms with Crippen LogP contribution in [0.2, 0.25) is 0 Å². The normalized spacial score (nSPS) is 11.5. The minimum atomic E-state index is -0.337. The molecule has 2 N–H and O–H groups in total. The van der Waals surface area contributed by atoms with Gasteiger partial charge in [0.25, 0.3) is 5.91 Å². The van der Waals surface area contributed by atoms with Gasteiger partial charge in [0.1, 0.15) is 0 Å². The Kier molecular flexibility index (Phi) is 4.34. The first-order chi connectivity index (χ1) is 11.1. The van der Waals surface area contributed by atoms with Crippen molar-refractivity contribution in [1.82, 2.24) is 15.6 Å². The van der Waals surface area contributed by atoms with E-state index in [0.29, 0.717) is 5.69 Å². The number of aromatic nitrogens is 2. The summed E-state index contributed by atoms with van der Waals surface area (Å²) in [6.45, 7) is 3.89. The number of rotatable bonds is 4. The second-order valence-corrected chi connectivity index (χ2v) is 6.37. The molecule has 116 valence electrons. The predicted molar refractivity (Wildman–Crippen MR) is 92.8 cm³/mol. The number of hydrogen-bond acceptors (Lipinski definition) is 4. The van der Waals surface area contributed by atoms with Gasteiger partial charge < -0.3 is 0 Å². The Hall–Kier alpha value is -2.73. The average molecular weight is 324 g/mol. The van der Waals surface area contributed by atoms with Gasteiger partial charge in [-0.15, -0.1) is 11.3 Å². The van der Waals surface area contributed by atoms with E-state index in [1.165, 1.54) is 4.88 Å². The van der Waals surface area contributed by atoms with E-state index in [4.69, 9.17) is 0 Å². The van der Waals surface area contributed by atoms with E-state index >= 15 is 0 Å². The summed E-state index contributed by atoms with van der Waals surface area (Å²) < 4.78 is 0. The van der Waals surface area contributed by atoms with E-state index in [1.54, 1.807) is 17.4 Å². The zero-order valence-electron chi connectivity index (χ0n) is 12.8. The monoisotopic (exact) mass is 324 g/mol. The van der Waals surface area contributed by atoms with Gasteiger partial charge in [-0.25, -0.2) is 5.43 Å². The smallest absolute Gasteiger partial charge is 0.276 e. The van der Waals surface area contributed by atoms with Gasteiger partial charge in [-0.3, -0.25) is 9.89 Å². The summed E-state index contributed by atoms with van der Waals surface area (Å²) in [4.78, 5) is 14.4. The molecule has 0 unspecified atom stereocenters. The van der Waals surface area contributed by atoms with Gasteiger partial charge in [0.15, 0.2) is 5.69 Å². The Morgan fingerprint density at radius 1 is 1.22 bits per heavy atom. The summed E-state index contributed by atoms with van der Waals surface area (Å²) >= 11 is 1.65. The highest BCUT2D eigenvalue weighted by atomic mass is 32.1. The molecule has 0 fully saturated rings. The van der Waals surface area contributed by atoms with E-state index in [9.17, 15) is 4.79 Å². The van der Waals surface area contributed by atoms with Gasteiger partial charge in [-0.2, -0.15) is 10.2 Å². The molecule has 0 atom stereocenters. The van der Waals surface area contributed by atoms with Crippen LogP contribution >= 0.6 is 11.3 Å². The number of benzene rings is 1. The molecule has 0 aliphatic carbocycles. The maximum Gasteiger partial charge on any atom is 0.291 e. The molecule has 1 aromatic carbocycles. The number of thiophene rings is 1. The lowest BCUT2D eigenvalue weighted by Gasteiger charge is -2.00. The molecule has 3 aromatic rings. The fourth-order valence-electron chi connectivity index (χ4n) is 2.08. The van der Waals surface area contributed by atoms with Gasteiger partial charge in [0.2, 0.25) is 0 Å². The molecule has 6 heteroatoms. The van der Waals surface area contributed by atoms with Crippen molar-refractivity contribution in [3.05, 3.63) is 64.7 Å². The molecular formula is C17H16N4OS. The summed E-state index contributed by atoms with van der Waals surface area (Å²) in [7, 11) is 0. The first kappa shape index (κ1) is 15.2. The summed E-state index contributed by atoms with van der Waals surface area (Å²) in [6, 6.07) is 15.5. The van der Waals surface area contributed by atoms with Crippen molar-refractivity contribution < 1.29 is 4.79 Å². The third kappa shape index (κ3) is 3.54. The molecule has 0 radical (unpaired) electrons. The van der Waals surface area contributed by atoms with Crippen molar-refractivity contribution in [3.8, 4) is 10.6 Å². The summed E-state index contributed by atoms with van der Waals surface area (Å²) in [5.41, 5.74) is 5.39. The fraction of sp³-hybridized carbons (Fsp3) is 0.118. The molecular weight excluding hydrogens is 308 g/mol. The number of aromatic amines is 1. The van der Waals surface area contributed by atoms with Gasteiger partial charge >= 0.3 is 0 Å². The van der Waals surface area contributed by atoms with E-state index in [0.717, 1.165) is 21.8 Å². The van der Waals surface area contributed by atoms with Crippen LogP contribution in [0.3, 0.4) is 0 Å². The maximum atomic E-state index is 12.1. The molecule has 0 aliphatic heterocycles. The molecule has 3 rings (SSSR count). The molecule has 2 heterocycles. The number of nitrogens with one attached hydrogen (secondary N) is 2. The first-order valence-corrected chi connectivity index (χ1v) is 7.97. The largest absolute Gasteiger partial charge is 0.291 e. The number of carbonyl (C=O) groups excluding carboxylic acids is 1. The summed E-state index contributed by atoms with van der Waals surface area (Å²) in [5.74, 6) is -0.337. The molecule has 1 amide bonds. The molecule has 0 saturated carbocycles. The number of H-pyrrole nitrogens is 1. The third-order valence-corrected chi connectivity index (χ3v) is 4.37. The lowest BCUT2D eigenvalue weighted by atomic mass is 10.1. The van der Waals surface area contributed by atoms with E-state index in [1.807, 2.05) is 56.3 Å². The van der Waals surface area contributed by atoms with Crippen LogP contribution in [0.1, 0.15) is 27.9 Å². The van der Waals surface area contributed by atoms with Crippen molar-refractivity contribution >= 4 is 23.0 Å². The van der Waals surface area contributed by atoms with E-state index < -0.39 is 0 Å². The lowest BCUT2D eigenvalue weighted by Crippen LogP contribution is -2.19. The summed E-state index contributed by atoms with van der Waals surface area (Å²) in [5, 5.41) is 11.1. The highest BCUT2D eigenvalue weighted by molar-refractivity contribution is 7.15. The molecule has 23 heavy (non-hydrogen) atoms. The third-order valence-electron chi connectivity index (χ3n) is 3.33. The van der Waals surface area contributed by atoms with E-state index in [2.05, 4.69) is 20.7 Å². The van der Waals surface area contributed by atoms with Crippen LogP contribution < -0.4 is 5.43 Å². The lowest BCUT2D eigenvalue weighted by molar-refractivity contribution is 0.0950. The van der Waals surface area contributed by atoms with Gasteiger partial charge in [0.05, 0.1) is 16.3 Å². The van der Waals surface area contributed by atoms with Gasteiger partial charge in [-0.05, 0) is 37.6 Å². The molecule has 5 nitrogen and oxygen atoms in total. The fourth-order valence-corrected chi connectivity index (χ4v) is 2.91. The van der Waals surface area contributed by atoms with Crippen LogP contribution in [0.5, 0.6) is 0 Å². The standard InChI is InChI=1S/C17H16N4OS/c1-11-8-9-16(23-11)14-10-15(20-19-14)17(22)21-18-12(2)13-6-4-3-5-7-13/h3-10H,1-2H3,(H,19,20)(H,21,22). The van der Waals surface area contributed by atoms with Crippen molar-refractivity contribution in [1.29, 1.82) is 0 Å². The van der Waals surface area contributed by atoms with Crippen molar-refractivity contribution in [2.75, 3.05) is 0 Å². The number of hydrogen-bond donors (Lipinski definition) is 2. The second-order valence-electron chi connectivity index (χ2n) is 5.08. The minimum Gasteiger partial charge on any atom is -0.276 e. The molecule has 0 aliphatic rings. The second kappa shape index (κ2) is 6.58. The first-order valence-electron chi connectivity index (χ1n) is 7.16. The van der Waals surface area contributed by atoms with Gasteiger partial charge in [0, 0.05) is 4.88 Å². The van der Waals surface area contributed by atoms with Crippen LogP contribution in [0.25, 0.3) is 10.6 Å². The minimum absolute atomic E-state index is 0.315.